The molecular weight excluding hydrogens is 329 g/mol. The zero-order chi connectivity index (χ0) is 16.5. The smallest absolute Gasteiger partial charge is 0.247 e. The molecule has 0 saturated heterocycles. The number of carbonyl (C=O) groups excluding carboxylic acids is 1. The van der Waals surface area contributed by atoms with E-state index in [1.165, 1.54) is 28.2 Å². The molecule has 0 spiro atoms. The number of nitrogens with one attached hydrogen (secondary N) is 1. The van der Waals surface area contributed by atoms with E-state index < -0.39 is 0 Å². The highest BCUT2D eigenvalue weighted by Crippen LogP contribution is 2.38. The minimum absolute atomic E-state index is 0.102. The van der Waals surface area contributed by atoms with Crippen molar-refractivity contribution < 1.29 is 9.18 Å². The molecule has 6 nitrogen and oxygen atoms in total. The Morgan fingerprint density at radius 2 is 2.12 bits per heavy atom. The maximum atomic E-state index is 13.0. The molecule has 0 bridgehead atoms. The van der Waals surface area contributed by atoms with Gasteiger partial charge in [-0.05, 0) is 37.1 Å². The summed E-state index contributed by atoms with van der Waals surface area (Å²) in [7, 11) is 0. The van der Waals surface area contributed by atoms with Crippen molar-refractivity contribution >= 4 is 22.4 Å². The summed E-state index contributed by atoms with van der Waals surface area (Å²) in [6, 6.07) is 6.08. The molecule has 1 aliphatic carbocycles. The number of rotatable bonds is 5. The third-order valence-corrected chi connectivity index (χ3v) is 4.51. The molecule has 1 saturated carbocycles. The van der Waals surface area contributed by atoms with Gasteiger partial charge in [-0.2, -0.15) is 0 Å². The molecule has 0 aliphatic heterocycles. The Balaban J connectivity index is 1.39. The van der Waals surface area contributed by atoms with Gasteiger partial charge in [0.15, 0.2) is 5.13 Å². The maximum Gasteiger partial charge on any atom is 0.247 e. The highest BCUT2D eigenvalue weighted by atomic mass is 32.1. The van der Waals surface area contributed by atoms with Crippen molar-refractivity contribution in [1.29, 1.82) is 0 Å². The molecule has 24 heavy (non-hydrogen) atoms. The van der Waals surface area contributed by atoms with Crippen LogP contribution in [0.25, 0.3) is 11.3 Å². The molecule has 2 heterocycles. The van der Waals surface area contributed by atoms with Crippen LogP contribution < -0.4 is 5.32 Å². The van der Waals surface area contributed by atoms with E-state index >= 15 is 0 Å². The summed E-state index contributed by atoms with van der Waals surface area (Å²) in [4.78, 5) is 16.4. The number of nitrogens with zero attached hydrogens (tertiary/aromatic N) is 4. The van der Waals surface area contributed by atoms with E-state index in [4.69, 9.17) is 0 Å². The molecule has 3 aromatic rings. The maximum absolute atomic E-state index is 13.0. The van der Waals surface area contributed by atoms with Crippen LogP contribution in [0.5, 0.6) is 0 Å². The van der Waals surface area contributed by atoms with Crippen molar-refractivity contribution in [2.75, 3.05) is 5.32 Å². The van der Waals surface area contributed by atoms with Gasteiger partial charge in [-0.25, -0.2) is 14.1 Å². The quantitative estimate of drug-likeness (QED) is 0.773. The fourth-order valence-electron chi connectivity index (χ4n) is 2.35. The molecule has 1 amide bonds. The monoisotopic (exact) mass is 343 g/mol. The molecule has 0 unspecified atom stereocenters. The summed E-state index contributed by atoms with van der Waals surface area (Å²) < 4.78 is 14.5. The Morgan fingerprint density at radius 3 is 2.88 bits per heavy atom. The first-order valence-electron chi connectivity index (χ1n) is 7.59. The lowest BCUT2D eigenvalue weighted by Gasteiger charge is -2.01. The van der Waals surface area contributed by atoms with Crippen molar-refractivity contribution in [3.63, 3.8) is 0 Å². The normalized spacial score (nSPS) is 13.9. The Kier molecular flexibility index (Phi) is 3.81. The first kappa shape index (κ1) is 14.9. The molecular formula is C16H14FN5OS. The van der Waals surface area contributed by atoms with Crippen molar-refractivity contribution in [2.45, 2.75) is 25.3 Å². The second-order valence-electron chi connectivity index (χ2n) is 5.71. The largest absolute Gasteiger partial charge is 0.300 e. The van der Waals surface area contributed by atoms with Crippen LogP contribution in [0.3, 0.4) is 0 Å². The number of anilines is 1. The first-order valence-corrected chi connectivity index (χ1v) is 8.47. The number of aromatic nitrogens is 4. The van der Waals surface area contributed by atoms with Gasteiger partial charge in [-0.3, -0.25) is 4.79 Å². The Morgan fingerprint density at radius 1 is 1.33 bits per heavy atom. The summed E-state index contributed by atoms with van der Waals surface area (Å²) in [6.07, 6.45) is 4.12. The van der Waals surface area contributed by atoms with Gasteiger partial charge in [0.25, 0.3) is 0 Å². The molecule has 8 heteroatoms. The zero-order valence-corrected chi connectivity index (χ0v) is 13.5. The topological polar surface area (TPSA) is 72.7 Å². The molecule has 0 atom stereocenters. The van der Waals surface area contributed by atoms with Crippen LogP contribution in [0.4, 0.5) is 9.52 Å². The molecule has 1 aliphatic rings. The highest BCUT2D eigenvalue weighted by Gasteiger charge is 2.26. The van der Waals surface area contributed by atoms with Crippen LogP contribution in [0.1, 0.15) is 24.5 Å². The third-order valence-electron chi connectivity index (χ3n) is 3.75. The third kappa shape index (κ3) is 3.33. The lowest BCUT2D eigenvalue weighted by atomic mass is 10.2. The van der Waals surface area contributed by atoms with Crippen LogP contribution in [-0.2, 0) is 11.3 Å². The molecule has 122 valence electrons. The summed E-state index contributed by atoms with van der Waals surface area (Å²) in [5.74, 6) is 0.0159. The van der Waals surface area contributed by atoms with E-state index in [2.05, 4.69) is 20.6 Å². The molecule has 0 radical (unpaired) electrons. The van der Waals surface area contributed by atoms with E-state index in [1.54, 1.807) is 12.1 Å². The number of carbonyl (C=O) groups is 1. The van der Waals surface area contributed by atoms with Crippen molar-refractivity contribution in [1.82, 2.24) is 20.0 Å². The summed E-state index contributed by atoms with van der Waals surface area (Å²) in [5.41, 5.74) is 2.46. The van der Waals surface area contributed by atoms with E-state index in [9.17, 15) is 9.18 Å². The van der Waals surface area contributed by atoms with Gasteiger partial charge in [0.1, 0.15) is 12.4 Å². The van der Waals surface area contributed by atoms with Crippen LogP contribution in [0.2, 0.25) is 0 Å². The van der Waals surface area contributed by atoms with Gasteiger partial charge in [-0.15, -0.1) is 16.4 Å². The molecule has 1 aromatic carbocycles. The summed E-state index contributed by atoms with van der Waals surface area (Å²) in [6.45, 7) is 0.102. The molecule has 2 aromatic heterocycles. The number of amides is 1. The Labute approximate surface area is 141 Å². The lowest BCUT2D eigenvalue weighted by molar-refractivity contribution is -0.116. The van der Waals surface area contributed by atoms with Gasteiger partial charge in [0.2, 0.25) is 5.91 Å². The van der Waals surface area contributed by atoms with E-state index in [0.717, 1.165) is 24.1 Å². The fraction of sp³-hybridized carbons (Fsp3) is 0.250. The molecule has 1 fully saturated rings. The van der Waals surface area contributed by atoms with E-state index in [1.807, 2.05) is 11.6 Å². The van der Waals surface area contributed by atoms with Crippen LogP contribution >= 0.6 is 11.3 Å². The number of thiazole rings is 1. The first-order chi connectivity index (χ1) is 11.7. The predicted octanol–water partition coefficient (Wildman–Crippen LogP) is 3.06. The van der Waals surface area contributed by atoms with Crippen molar-refractivity contribution in [3.8, 4) is 11.3 Å². The average molecular weight is 343 g/mol. The van der Waals surface area contributed by atoms with Crippen LogP contribution in [0, 0.1) is 5.82 Å². The van der Waals surface area contributed by atoms with Crippen molar-refractivity contribution in [2.24, 2.45) is 0 Å². The molecule has 1 N–H and O–H groups in total. The predicted molar refractivity (Wildman–Crippen MR) is 88.1 cm³/mol. The fourth-order valence-corrected chi connectivity index (χ4v) is 3.08. The second-order valence-corrected chi connectivity index (χ2v) is 6.57. The van der Waals surface area contributed by atoms with Gasteiger partial charge in [0.05, 0.1) is 11.4 Å². The average Bonchev–Trinajstić information content (AvgIpc) is 3.14. The highest BCUT2D eigenvalue weighted by molar-refractivity contribution is 7.14. The van der Waals surface area contributed by atoms with E-state index in [-0.39, 0.29) is 18.3 Å². The zero-order valence-electron chi connectivity index (χ0n) is 12.6. The van der Waals surface area contributed by atoms with Crippen LogP contribution in [-0.4, -0.2) is 25.9 Å². The van der Waals surface area contributed by atoms with E-state index in [0.29, 0.717) is 16.7 Å². The van der Waals surface area contributed by atoms with Crippen LogP contribution in [0.15, 0.2) is 35.8 Å². The summed E-state index contributed by atoms with van der Waals surface area (Å²) in [5, 5.41) is 13.1. The lowest BCUT2D eigenvalue weighted by Crippen LogP contribution is -2.19. The van der Waals surface area contributed by atoms with Gasteiger partial charge in [0, 0.05) is 23.1 Å². The number of hydrogen-bond donors (Lipinski definition) is 1. The number of hydrogen-bond acceptors (Lipinski definition) is 5. The van der Waals surface area contributed by atoms with Gasteiger partial charge < -0.3 is 5.32 Å². The number of benzene rings is 1. The van der Waals surface area contributed by atoms with Crippen molar-refractivity contribution in [3.05, 3.63) is 47.4 Å². The Bertz CT molecular complexity index is 869. The van der Waals surface area contributed by atoms with Gasteiger partial charge >= 0.3 is 0 Å². The second kappa shape index (κ2) is 6.12. The standard InChI is InChI=1S/C16H14FN5OS/c17-12-5-3-11(4-6-12)14-9-24-16(18-14)19-15(23)8-22-7-13(20-21-22)10-1-2-10/h3-7,9-10H,1-2,8H2,(H,18,19,23). The van der Waals surface area contributed by atoms with Gasteiger partial charge in [-0.1, -0.05) is 5.21 Å². The minimum Gasteiger partial charge on any atom is -0.300 e. The number of halogens is 1. The SMILES string of the molecule is O=C(Cn1cc(C2CC2)nn1)Nc1nc(-c2ccc(F)cc2)cs1. The minimum atomic E-state index is -0.291. The summed E-state index contributed by atoms with van der Waals surface area (Å²) >= 11 is 1.33. The Hall–Kier alpha value is -2.61. The molecule has 4 rings (SSSR count).